The molecule has 3 amide bonds. The molecule has 7 rings (SSSR count). The molecular weight excluding hydrogens is 560 g/mol. The lowest BCUT2D eigenvalue weighted by molar-refractivity contribution is -0.157. The van der Waals surface area contributed by atoms with Crippen LogP contribution in [0.25, 0.3) is 11.0 Å². The quantitative estimate of drug-likeness (QED) is 0.415. The van der Waals surface area contributed by atoms with Crippen LogP contribution in [-0.4, -0.2) is 95.5 Å². The molecule has 4 aliphatic heterocycles. The van der Waals surface area contributed by atoms with Crippen LogP contribution in [0.1, 0.15) is 25.8 Å². The van der Waals surface area contributed by atoms with Crippen molar-refractivity contribution in [1.29, 1.82) is 0 Å². The molecule has 5 heterocycles. The van der Waals surface area contributed by atoms with Gasteiger partial charge in [-0.1, -0.05) is 78.9 Å². The summed E-state index contributed by atoms with van der Waals surface area (Å²) in [6.07, 6.45) is 8.01. The highest BCUT2D eigenvalue weighted by Gasteiger charge is 2.75. The summed E-state index contributed by atoms with van der Waals surface area (Å²) < 4.78 is 8.68. The van der Waals surface area contributed by atoms with Gasteiger partial charge in [0.25, 0.3) is 5.91 Å². The number of benzene rings is 2. The molecule has 2 saturated heterocycles. The van der Waals surface area contributed by atoms with Crippen LogP contribution < -0.4 is 0 Å². The zero-order valence-corrected chi connectivity index (χ0v) is 24.8. The van der Waals surface area contributed by atoms with Gasteiger partial charge in [-0.3, -0.25) is 14.4 Å². The van der Waals surface area contributed by atoms with E-state index in [0.717, 1.165) is 11.1 Å². The van der Waals surface area contributed by atoms with Gasteiger partial charge in [-0.15, -0.1) is 5.10 Å². The van der Waals surface area contributed by atoms with Crippen molar-refractivity contribution >= 4 is 28.8 Å². The van der Waals surface area contributed by atoms with Crippen LogP contribution in [0.5, 0.6) is 0 Å². The topological polar surface area (TPSA) is 121 Å². The zero-order valence-electron chi connectivity index (χ0n) is 24.8. The lowest BCUT2D eigenvalue weighted by Crippen LogP contribution is -2.58. The highest BCUT2D eigenvalue weighted by atomic mass is 16.5. The number of nitrogens with zero attached hydrogens (tertiary/aromatic N) is 6. The minimum Gasteiger partial charge on any atom is -0.394 e. The van der Waals surface area contributed by atoms with Gasteiger partial charge in [0, 0.05) is 19.6 Å². The number of carbonyl (C=O) groups excluding carboxylic acids is 3. The number of aliphatic hydroxyl groups excluding tert-OH is 1. The number of aromatic nitrogens is 3. The minimum absolute atomic E-state index is 0.114. The van der Waals surface area contributed by atoms with E-state index >= 15 is 0 Å². The molecule has 3 aromatic rings. The third-order valence-electron chi connectivity index (χ3n) is 9.72. The molecule has 0 bridgehead atoms. The Kier molecular flexibility index (Phi) is 6.89. The van der Waals surface area contributed by atoms with Crippen molar-refractivity contribution < 1.29 is 24.2 Å². The van der Waals surface area contributed by atoms with Gasteiger partial charge >= 0.3 is 0 Å². The average molecular weight is 597 g/mol. The fourth-order valence-electron chi connectivity index (χ4n) is 7.62. The van der Waals surface area contributed by atoms with Crippen LogP contribution in [0.15, 0.2) is 78.9 Å². The maximum absolute atomic E-state index is 14.6. The number of likely N-dealkylation sites (tertiary alicyclic amines) is 1. The van der Waals surface area contributed by atoms with Crippen molar-refractivity contribution in [1.82, 2.24) is 29.7 Å². The summed E-state index contributed by atoms with van der Waals surface area (Å²) in [5.74, 6) is -2.65. The average Bonchev–Trinajstić information content (AvgIpc) is 3.59. The van der Waals surface area contributed by atoms with Crippen LogP contribution in [0, 0.1) is 11.8 Å². The third kappa shape index (κ3) is 4.13. The maximum atomic E-state index is 14.6. The number of ether oxygens (including phenoxy) is 1. The van der Waals surface area contributed by atoms with E-state index in [1.165, 1.54) is 4.90 Å². The molecule has 1 N–H and O–H groups in total. The fraction of sp³-hybridized carbons (Fsp3) is 0.424. The fourth-order valence-corrected chi connectivity index (χ4v) is 7.62. The Hall–Kier alpha value is -4.35. The molecule has 6 atom stereocenters. The van der Waals surface area contributed by atoms with E-state index in [1.807, 2.05) is 85.8 Å². The Morgan fingerprint density at radius 3 is 2.43 bits per heavy atom. The van der Waals surface area contributed by atoms with E-state index in [1.54, 1.807) is 21.4 Å². The Labute approximate surface area is 255 Å². The van der Waals surface area contributed by atoms with Gasteiger partial charge in [-0.2, -0.15) is 0 Å². The van der Waals surface area contributed by atoms with Gasteiger partial charge in [0.15, 0.2) is 0 Å². The van der Waals surface area contributed by atoms with Crippen molar-refractivity contribution in [2.24, 2.45) is 11.8 Å². The molecule has 1 unspecified atom stereocenters. The summed E-state index contributed by atoms with van der Waals surface area (Å²) >= 11 is 0. The van der Waals surface area contributed by atoms with Crippen molar-refractivity contribution in [2.45, 2.75) is 56.8 Å². The second kappa shape index (κ2) is 10.7. The first-order chi connectivity index (χ1) is 21.3. The number of fused-ring (bicyclic) bond motifs is 3. The Morgan fingerprint density at radius 2 is 1.66 bits per heavy atom. The molecule has 44 heavy (non-hydrogen) atoms. The Balaban J connectivity index is 1.30. The van der Waals surface area contributed by atoms with E-state index in [9.17, 15) is 19.5 Å². The molecular formula is C33H36N6O5. The minimum atomic E-state index is -1.40. The first-order valence-electron chi connectivity index (χ1n) is 15.2. The Bertz CT molecular complexity index is 1670. The molecule has 2 aromatic carbocycles. The van der Waals surface area contributed by atoms with E-state index in [2.05, 4.69) is 10.3 Å². The molecule has 11 heteroatoms. The van der Waals surface area contributed by atoms with Gasteiger partial charge in [0.1, 0.15) is 23.8 Å². The van der Waals surface area contributed by atoms with Gasteiger partial charge in [0.2, 0.25) is 11.8 Å². The largest absolute Gasteiger partial charge is 0.394 e. The second-order valence-corrected chi connectivity index (χ2v) is 12.2. The number of hydrogen-bond donors (Lipinski definition) is 1. The summed E-state index contributed by atoms with van der Waals surface area (Å²) in [7, 11) is 0. The van der Waals surface area contributed by atoms with Gasteiger partial charge in [-0.05, 0) is 31.0 Å². The normalized spacial score (nSPS) is 30.4. The predicted octanol–water partition coefficient (Wildman–Crippen LogP) is 2.13. The van der Waals surface area contributed by atoms with Crippen LogP contribution >= 0.6 is 0 Å². The molecule has 228 valence electrons. The van der Waals surface area contributed by atoms with Crippen LogP contribution in [-0.2, 0) is 32.3 Å². The van der Waals surface area contributed by atoms with E-state index in [4.69, 9.17) is 4.74 Å². The number of rotatable bonds is 7. The van der Waals surface area contributed by atoms with Crippen LogP contribution in [0.4, 0.5) is 0 Å². The monoisotopic (exact) mass is 596 g/mol. The smallest absolute Gasteiger partial charge is 0.250 e. The number of amides is 3. The summed E-state index contributed by atoms with van der Waals surface area (Å²) in [5.41, 5.74) is 0.00892. The van der Waals surface area contributed by atoms with Gasteiger partial charge < -0.3 is 24.5 Å². The Morgan fingerprint density at radius 1 is 0.932 bits per heavy atom. The third-order valence-corrected chi connectivity index (χ3v) is 9.72. The van der Waals surface area contributed by atoms with E-state index in [-0.39, 0.29) is 37.5 Å². The molecule has 11 nitrogen and oxygen atoms in total. The molecule has 1 spiro atoms. The molecule has 0 saturated carbocycles. The van der Waals surface area contributed by atoms with Crippen molar-refractivity contribution in [3.05, 3.63) is 84.5 Å². The van der Waals surface area contributed by atoms with Crippen LogP contribution in [0.3, 0.4) is 0 Å². The summed E-state index contributed by atoms with van der Waals surface area (Å²) in [6, 6.07) is 15.5. The first-order valence-corrected chi connectivity index (χ1v) is 15.2. The van der Waals surface area contributed by atoms with Crippen molar-refractivity contribution in [3.63, 3.8) is 0 Å². The molecule has 0 radical (unpaired) electrons. The highest BCUT2D eigenvalue weighted by Crippen LogP contribution is 2.59. The van der Waals surface area contributed by atoms with Crippen molar-refractivity contribution in [2.75, 3.05) is 19.7 Å². The zero-order chi connectivity index (χ0) is 30.6. The lowest BCUT2D eigenvalue weighted by Gasteiger charge is -2.40. The predicted molar refractivity (Wildman–Crippen MR) is 160 cm³/mol. The van der Waals surface area contributed by atoms with Gasteiger partial charge in [-0.25, -0.2) is 4.68 Å². The summed E-state index contributed by atoms with van der Waals surface area (Å²) in [5, 5.41) is 18.8. The van der Waals surface area contributed by atoms with E-state index < -0.39 is 35.1 Å². The van der Waals surface area contributed by atoms with E-state index in [0.29, 0.717) is 25.0 Å². The molecule has 2 fully saturated rings. The number of aliphatic hydroxyl groups is 1. The molecule has 0 aliphatic carbocycles. The number of carbonyl (C=O) groups is 3. The summed E-state index contributed by atoms with van der Waals surface area (Å²) in [4.78, 5) is 48.5. The van der Waals surface area contributed by atoms with Gasteiger partial charge in [0.05, 0.1) is 35.6 Å². The SMILES string of the molecule is CC[C@@]12C=CCN(Cc3ccccc3)C(=O)[C@@H]1[C@H]1C(=O)N([C@H](C)CO)C3C(=O)N(Cn4nnc5ccccc54)CC=C[C@@]31O2. The second-order valence-electron chi connectivity index (χ2n) is 12.2. The standard InChI is InChI=1S/C33H36N6O5/c1-3-32-15-9-17-36(19-23-11-5-4-6-12-23)29(41)26(32)27-30(42)39(22(2)20-40)28-31(43)37(18-10-16-33(27,28)44-32)21-38-25-14-8-7-13-24(25)34-35-38/h4-16,22,26-28,40H,3,17-21H2,1-2H3/t22-,26+,27+,28?,32-,33+/m1/s1. The number of hydrogen-bond acceptors (Lipinski definition) is 7. The first kappa shape index (κ1) is 28.4. The maximum Gasteiger partial charge on any atom is 0.250 e. The lowest BCUT2D eigenvalue weighted by atomic mass is 9.73. The van der Waals surface area contributed by atoms with Crippen LogP contribution in [0.2, 0.25) is 0 Å². The number of para-hydroxylation sites is 1. The molecule has 1 aromatic heterocycles. The molecule has 4 aliphatic rings. The highest BCUT2D eigenvalue weighted by molar-refractivity contribution is 6.00. The van der Waals surface area contributed by atoms with Crippen molar-refractivity contribution in [3.8, 4) is 0 Å². The summed E-state index contributed by atoms with van der Waals surface area (Å²) in [6.45, 7) is 4.47.